The van der Waals surface area contributed by atoms with E-state index in [0.717, 1.165) is 0 Å². The third-order valence-electron chi connectivity index (χ3n) is 2.08. The van der Waals surface area contributed by atoms with E-state index in [1.807, 2.05) is 20.8 Å². The summed E-state index contributed by atoms with van der Waals surface area (Å²) in [6, 6.07) is -0.362. The molecule has 0 spiro atoms. The van der Waals surface area contributed by atoms with Crippen molar-refractivity contribution >= 4 is 23.3 Å². The molecule has 16 heavy (non-hydrogen) atoms. The highest BCUT2D eigenvalue weighted by atomic mass is 32.1. The van der Waals surface area contributed by atoms with Crippen LogP contribution in [0.25, 0.3) is 0 Å². The fourth-order valence-corrected chi connectivity index (χ4v) is 1.57. The van der Waals surface area contributed by atoms with Crippen LogP contribution in [0.15, 0.2) is 0 Å². The maximum absolute atomic E-state index is 11.9. The molecule has 1 fully saturated rings. The van der Waals surface area contributed by atoms with E-state index in [4.69, 9.17) is 27.4 Å². The van der Waals surface area contributed by atoms with Gasteiger partial charge < -0.3 is 15.2 Å². The maximum atomic E-state index is 11.9. The van der Waals surface area contributed by atoms with E-state index in [1.165, 1.54) is 4.90 Å². The van der Waals surface area contributed by atoms with Crippen LogP contribution in [0.1, 0.15) is 20.8 Å². The first-order valence-corrected chi connectivity index (χ1v) is 5.59. The molecule has 1 saturated heterocycles. The lowest BCUT2D eigenvalue weighted by Crippen LogP contribution is -2.55. The summed E-state index contributed by atoms with van der Waals surface area (Å²) in [4.78, 5) is 13.6. The Morgan fingerprint density at radius 1 is 1.56 bits per heavy atom. The van der Waals surface area contributed by atoms with Gasteiger partial charge in [-0.15, -0.1) is 0 Å². The predicted molar refractivity (Wildman–Crippen MR) is 64.3 cm³/mol. The van der Waals surface area contributed by atoms with Crippen LogP contribution in [0.2, 0.25) is 0 Å². The number of morpholine rings is 1. The smallest absolute Gasteiger partial charge is 0.411 e. The minimum absolute atomic E-state index is 0.255. The van der Waals surface area contributed by atoms with Crippen LogP contribution in [-0.2, 0) is 9.47 Å². The summed E-state index contributed by atoms with van der Waals surface area (Å²) in [7, 11) is 0. The molecular weight excluding hydrogens is 228 g/mol. The number of hydrogen-bond donors (Lipinski definition) is 1. The van der Waals surface area contributed by atoms with E-state index in [-0.39, 0.29) is 11.0 Å². The Kier molecular flexibility index (Phi) is 4.09. The van der Waals surface area contributed by atoms with Crippen LogP contribution in [-0.4, -0.2) is 47.4 Å². The summed E-state index contributed by atoms with van der Waals surface area (Å²) in [6.07, 6.45) is -0.395. The maximum Gasteiger partial charge on any atom is 0.411 e. The van der Waals surface area contributed by atoms with Crippen molar-refractivity contribution in [1.29, 1.82) is 0 Å². The van der Waals surface area contributed by atoms with Crippen molar-refractivity contribution in [2.24, 2.45) is 5.73 Å². The Morgan fingerprint density at radius 2 is 2.19 bits per heavy atom. The molecular formula is C10H18N2O3S. The zero-order valence-corrected chi connectivity index (χ0v) is 10.7. The van der Waals surface area contributed by atoms with Gasteiger partial charge in [0.15, 0.2) is 0 Å². The van der Waals surface area contributed by atoms with Gasteiger partial charge in [-0.3, -0.25) is 4.90 Å². The van der Waals surface area contributed by atoms with Crippen LogP contribution >= 0.6 is 12.2 Å². The van der Waals surface area contributed by atoms with Crippen molar-refractivity contribution in [3.8, 4) is 0 Å². The lowest BCUT2D eigenvalue weighted by Gasteiger charge is -2.35. The summed E-state index contributed by atoms with van der Waals surface area (Å²) in [5.74, 6) is 0. The highest BCUT2D eigenvalue weighted by Crippen LogP contribution is 2.14. The van der Waals surface area contributed by atoms with Crippen LogP contribution in [0.5, 0.6) is 0 Å². The number of carbonyl (C=O) groups excluding carboxylic acids is 1. The van der Waals surface area contributed by atoms with Crippen molar-refractivity contribution in [3.05, 3.63) is 0 Å². The molecule has 0 aliphatic carbocycles. The molecule has 1 amide bonds. The first-order chi connectivity index (χ1) is 7.31. The van der Waals surface area contributed by atoms with Gasteiger partial charge in [-0.1, -0.05) is 12.2 Å². The average Bonchev–Trinajstić information content (AvgIpc) is 2.15. The van der Waals surface area contributed by atoms with E-state index in [1.54, 1.807) is 0 Å². The summed E-state index contributed by atoms with van der Waals surface area (Å²) in [5.41, 5.74) is 5.04. The lowest BCUT2D eigenvalue weighted by atomic mass is 10.2. The second-order valence-electron chi connectivity index (χ2n) is 4.67. The summed E-state index contributed by atoms with van der Waals surface area (Å²) in [6.45, 7) is 6.74. The summed E-state index contributed by atoms with van der Waals surface area (Å²) in [5, 5.41) is 0. The van der Waals surface area contributed by atoms with Crippen molar-refractivity contribution in [2.45, 2.75) is 32.4 Å². The minimum Gasteiger partial charge on any atom is -0.444 e. The number of ether oxygens (including phenoxy) is 2. The minimum atomic E-state index is -0.518. The first kappa shape index (κ1) is 13.2. The topological polar surface area (TPSA) is 64.8 Å². The Bertz CT molecular complexity index is 288. The Hall–Kier alpha value is -0.880. The van der Waals surface area contributed by atoms with Gasteiger partial charge in [0.25, 0.3) is 0 Å². The molecule has 1 heterocycles. The monoisotopic (exact) mass is 246 g/mol. The van der Waals surface area contributed by atoms with Gasteiger partial charge in [0.2, 0.25) is 0 Å². The largest absolute Gasteiger partial charge is 0.444 e. The number of thiocarbonyl (C=S) groups is 1. The van der Waals surface area contributed by atoms with Gasteiger partial charge in [-0.2, -0.15) is 0 Å². The fourth-order valence-electron chi connectivity index (χ4n) is 1.38. The van der Waals surface area contributed by atoms with E-state index < -0.39 is 11.7 Å². The number of nitrogens with two attached hydrogens (primary N) is 1. The quantitative estimate of drug-likeness (QED) is 0.697. The van der Waals surface area contributed by atoms with Gasteiger partial charge in [0.05, 0.1) is 18.2 Å². The summed E-state index contributed by atoms with van der Waals surface area (Å²) < 4.78 is 10.5. The molecule has 0 aromatic rings. The number of amides is 1. The molecule has 2 N–H and O–H groups in total. The second kappa shape index (κ2) is 4.97. The molecule has 5 nitrogen and oxygen atoms in total. The van der Waals surface area contributed by atoms with Gasteiger partial charge in [-0.25, -0.2) is 4.79 Å². The molecule has 0 aromatic carbocycles. The molecule has 0 unspecified atom stereocenters. The zero-order valence-electron chi connectivity index (χ0n) is 9.86. The number of nitrogens with zero attached hydrogens (tertiary/aromatic N) is 1. The molecule has 0 saturated carbocycles. The molecule has 0 aromatic heterocycles. The average molecular weight is 246 g/mol. The molecule has 1 aliphatic heterocycles. The standard InChI is InChI=1S/C10H18N2O3S/c1-10(2,3)15-9(13)12-4-5-14-6-7(12)8(11)16/h7H,4-6H2,1-3H3,(H2,11,16)/t7-/m0/s1. The normalized spacial score (nSPS) is 21.7. The summed E-state index contributed by atoms with van der Waals surface area (Å²) >= 11 is 4.90. The second-order valence-corrected chi connectivity index (χ2v) is 5.14. The van der Waals surface area contributed by atoms with E-state index in [0.29, 0.717) is 19.8 Å². The van der Waals surface area contributed by atoms with E-state index in [2.05, 4.69) is 0 Å². The number of rotatable bonds is 1. The Labute approximate surface area is 101 Å². The first-order valence-electron chi connectivity index (χ1n) is 5.18. The number of hydrogen-bond acceptors (Lipinski definition) is 4. The van der Waals surface area contributed by atoms with Crippen molar-refractivity contribution < 1.29 is 14.3 Å². The molecule has 1 rings (SSSR count). The van der Waals surface area contributed by atoms with Gasteiger partial charge in [-0.05, 0) is 20.8 Å². The van der Waals surface area contributed by atoms with Crippen LogP contribution in [0, 0.1) is 0 Å². The van der Waals surface area contributed by atoms with E-state index >= 15 is 0 Å². The highest BCUT2D eigenvalue weighted by molar-refractivity contribution is 7.80. The zero-order chi connectivity index (χ0) is 12.3. The van der Waals surface area contributed by atoms with Gasteiger partial charge in [0.1, 0.15) is 11.6 Å². The van der Waals surface area contributed by atoms with Gasteiger partial charge >= 0.3 is 6.09 Å². The third kappa shape index (κ3) is 3.61. The molecule has 92 valence electrons. The SMILES string of the molecule is CC(C)(C)OC(=O)N1CCOC[C@H]1C(N)=S. The third-order valence-corrected chi connectivity index (χ3v) is 2.36. The fraction of sp³-hybridized carbons (Fsp3) is 0.800. The van der Waals surface area contributed by atoms with Crippen LogP contribution < -0.4 is 5.73 Å². The lowest BCUT2D eigenvalue weighted by molar-refractivity contribution is -0.0176. The van der Waals surface area contributed by atoms with Crippen LogP contribution in [0.4, 0.5) is 4.79 Å². The predicted octanol–water partition coefficient (Wildman–Crippen LogP) is 0.908. The van der Waals surface area contributed by atoms with Crippen molar-refractivity contribution in [1.82, 2.24) is 4.90 Å². The Balaban J connectivity index is 2.68. The highest BCUT2D eigenvalue weighted by Gasteiger charge is 2.32. The van der Waals surface area contributed by atoms with E-state index in [9.17, 15) is 4.79 Å². The van der Waals surface area contributed by atoms with Gasteiger partial charge in [0, 0.05) is 6.54 Å². The Morgan fingerprint density at radius 3 is 2.69 bits per heavy atom. The molecule has 6 heteroatoms. The molecule has 0 bridgehead atoms. The van der Waals surface area contributed by atoms with Crippen molar-refractivity contribution in [2.75, 3.05) is 19.8 Å². The molecule has 0 radical (unpaired) electrons. The molecule has 1 aliphatic rings. The van der Waals surface area contributed by atoms with Crippen molar-refractivity contribution in [3.63, 3.8) is 0 Å². The van der Waals surface area contributed by atoms with Crippen LogP contribution in [0.3, 0.4) is 0 Å². The molecule has 1 atom stereocenters. The number of carbonyl (C=O) groups is 1.